The van der Waals surface area contributed by atoms with Crippen LogP contribution in [0.2, 0.25) is 0 Å². The molecule has 0 radical (unpaired) electrons. The largest absolute Gasteiger partial charge is 0.368 e. The molecule has 1 aromatic carbocycles. The van der Waals surface area contributed by atoms with Crippen molar-refractivity contribution in [2.24, 2.45) is 0 Å². The third-order valence-electron chi connectivity index (χ3n) is 6.88. The van der Waals surface area contributed by atoms with Gasteiger partial charge in [0.1, 0.15) is 16.4 Å². The average molecular weight is 531 g/mol. The maximum atomic E-state index is 12.4. The molecule has 0 bridgehead atoms. The molecule has 5 aromatic rings. The number of nitrogens with one attached hydrogen (secondary N) is 4. The molecule has 0 saturated heterocycles. The van der Waals surface area contributed by atoms with Crippen LogP contribution in [0.25, 0.3) is 26.6 Å². The molecule has 2 amide bonds. The minimum Gasteiger partial charge on any atom is -0.368 e. The van der Waals surface area contributed by atoms with Gasteiger partial charge in [0, 0.05) is 41.0 Å². The van der Waals surface area contributed by atoms with Crippen LogP contribution in [0.1, 0.15) is 39.4 Å². The van der Waals surface area contributed by atoms with E-state index in [0.717, 1.165) is 38.9 Å². The summed E-state index contributed by atoms with van der Waals surface area (Å²) in [7, 11) is 2.01. The van der Waals surface area contributed by atoms with Gasteiger partial charge in [-0.3, -0.25) is 9.72 Å². The maximum absolute atomic E-state index is 12.4. The van der Waals surface area contributed by atoms with Crippen LogP contribution in [0.15, 0.2) is 53.2 Å². The van der Waals surface area contributed by atoms with Gasteiger partial charge in [0.15, 0.2) is 10.8 Å². The number of amides is 2. The zero-order valence-electron chi connectivity index (χ0n) is 21.8. The lowest BCUT2D eigenvalue weighted by molar-refractivity contribution is 0.262. The number of likely N-dealkylation sites (N-methyl/N-ethyl adjacent to an activating group) is 1. The number of pyridine rings is 1. The summed E-state index contributed by atoms with van der Waals surface area (Å²) in [5, 5.41) is 16.3. The molecular weight excluding hydrogens is 500 g/mol. The number of hydrogen-bond acceptors (Lipinski definition) is 8. The van der Waals surface area contributed by atoms with E-state index in [1.54, 1.807) is 17.4 Å². The summed E-state index contributed by atoms with van der Waals surface area (Å²) in [5.41, 5.74) is 3.54. The Morgan fingerprint density at radius 3 is 2.55 bits per heavy atom. The molecule has 0 aliphatic heterocycles. The van der Waals surface area contributed by atoms with Crippen LogP contribution in [0.3, 0.4) is 0 Å². The summed E-state index contributed by atoms with van der Waals surface area (Å²) in [6.07, 6.45) is 4.41. The van der Waals surface area contributed by atoms with Gasteiger partial charge in [0.05, 0.1) is 11.2 Å². The smallest absolute Gasteiger partial charge is 0.324 e. The van der Waals surface area contributed by atoms with Crippen molar-refractivity contribution < 1.29 is 9.32 Å². The molecule has 4 heterocycles. The standard InChI is InChI=1S/C27H30N8O2S/c1-26(2,3)20-13-22(34-37-20)33-24(36)30-17-7-5-16(6-8-17)18-14-35-19-9-10-21(29-15-27(28-4)11-12-27)32-23(19)38-25(35)31-18/h5-10,13-14,28H,11-12,15H2,1-4H3,(H,29,32)(H2,30,33,34,36). The van der Waals surface area contributed by atoms with Crippen LogP contribution in [0, 0.1) is 0 Å². The summed E-state index contributed by atoms with van der Waals surface area (Å²) in [6.45, 7) is 6.93. The molecule has 196 valence electrons. The normalized spacial score (nSPS) is 14.6. The summed E-state index contributed by atoms with van der Waals surface area (Å²) < 4.78 is 7.39. The Balaban J connectivity index is 1.12. The molecule has 11 heteroatoms. The van der Waals surface area contributed by atoms with Crippen molar-refractivity contribution in [3.05, 3.63) is 54.4 Å². The van der Waals surface area contributed by atoms with E-state index in [2.05, 4.69) is 36.9 Å². The number of carbonyl (C=O) groups excluding carboxylic acids is 1. The Bertz CT molecular complexity index is 1620. The van der Waals surface area contributed by atoms with Crippen molar-refractivity contribution >= 4 is 50.0 Å². The van der Waals surface area contributed by atoms with Gasteiger partial charge in [-0.25, -0.2) is 14.8 Å². The molecule has 0 unspecified atom stereocenters. The predicted molar refractivity (Wildman–Crippen MR) is 151 cm³/mol. The second-order valence-corrected chi connectivity index (χ2v) is 11.7. The maximum Gasteiger partial charge on any atom is 0.324 e. The third-order valence-corrected chi connectivity index (χ3v) is 7.85. The number of thiazole rings is 1. The topological polar surface area (TPSA) is 121 Å². The lowest BCUT2D eigenvalue weighted by atomic mass is 9.93. The summed E-state index contributed by atoms with van der Waals surface area (Å²) in [6, 6.07) is 13.0. The monoisotopic (exact) mass is 530 g/mol. The molecule has 38 heavy (non-hydrogen) atoms. The molecule has 1 fully saturated rings. The van der Waals surface area contributed by atoms with Gasteiger partial charge in [-0.2, -0.15) is 0 Å². The zero-order valence-corrected chi connectivity index (χ0v) is 22.6. The van der Waals surface area contributed by atoms with E-state index in [4.69, 9.17) is 14.5 Å². The highest BCUT2D eigenvalue weighted by Gasteiger charge is 2.40. The molecule has 0 spiro atoms. The van der Waals surface area contributed by atoms with Crippen molar-refractivity contribution in [1.82, 2.24) is 24.8 Å². The highest BCUT2D eigenvalue weighted by molar-refractivity contribution is 7.23. The van der Waals surface area contributed by atoms with Crippen LogP contribution in [0.4, 0.5) is 22.1 Å². The van der Waals surface area contributed by atoms with Crippen LogP contribution in [-0.4, -0.2) is 44.7 Å². The van der Waals surface area contributed by atoms with E-state index in [-0.39, 0.29) is 17.0 Å². The molecule has 1 aliphatic rings. The Labute approximate surface area is 223 Å². The fourth-order valence-corrected chi connectivity index (χ4v) is 5.22. The lowest BCUT2D eigenvalue weighted by Gasteiger charge is -2.15. The summed E-state index contributed by atoms with van der Waals surface area (Å²) in [5.74, 6) is 1.96. The number of imidazole rings is 1. The number of fused-ring (bicyclic) bond motifs is 3. The average Bonchev–Trinajstić information content (AvgIpc) is 3.16. The van der Waals surface area contributed by atoms with Crippen molar-refractivity contribution in [1.29, 1.82) is 0 Å². The minimum absolute atomic E-state index is 0.185. The molecule has 4 aromatic heterocycles. The van der Waals surface area contributed by atoms with E-state index >= 15 is 0 Å². The Hall–Kier alpha value is -3.96. The van der Waals surface area contributed by atoms with Crippen LogP contribution in [-0.2, 0) is 5.41 Å². The van der Waals surface area contributed by atoms with Gasteiger partial charge >= 0.3 is 6.03 Å². The highest BCUT2D eigenvalue weighted by atomic mass is 32.1. The van der Waals surface area contributed by atoms with Crippen LogP contribution < -0.4 is 21.3 Å². The fraction of sp³-hybridized carbons (Fsp3) is 0.333. The zero-order chi connectivity index (χ0) is 26.5. The number of aromatic nitrogens is 4. The van der Waals surface area contributed by atoms with Gasteiger partial charge < -0.3 is 20.5 Å². The lowest BCUT2D eigenvalue weighted by Crippen LogP contribution is -2.35. The van der Waals surface area contributed by atoms with Crippen LogP contribution in [0.5, 0.6) is 0 Å². The highest BCUT2D eigenvalue weighted by Crippen LogP contribution is 2.35. The molecular formula is C27H30N8O2S. The predicted octanol–water partition coefficient (Wildman–Crippen LogP) is 5.70. The van der Waals surface area contributed by atoms with Gasteiger partial charge in [-0.15, -0.1) is 0 Å². The van der Waals surface area contributed by atoms with E-state index in [1.807, 2.05) is 64.3 Å². The molecule has 10 nitrogen and oxygen atoms in total. The van der Waals surface area contributed by atoms with E-state index in [0.29, 0.717) is 17.3 Å². The number of hydrogen-bond donors (Lipinski definition) is 4. The number of urea groups is 1. The van der Waals surface area contributed by atoms with Crippen molar-refractivity contribution in [3.63, 3.8) is 0 Å². The van der Waals surface area contributed by atoms with E-state index in [1.165, 1.54) is 12.8 Å². The van der Waals surface area contributed by atoms with Crippen molar-refractivity contribution in [2.75, 3.05) is 29.5 Å². The first-order valence-electron chi connectivity index (χ1n) is 12.6. The van der Waals surface area contributed by atoms with Gasteiger partial charge in [-0.1, -0.05) is 49.4 Å². The fourth-order valence-electron chi connectivity index (χ4n) is 4.24. The number of carbonyl (C=O) groups is 1. The van der Waals surface area contributed by atoms with Gasteiger partial charge in [0.25, 0.3) is 0 Å². The quantitative estimate of drug-likeness (QED) is 0.213. The van der Waals surface area contributed by atoms with Crippen molar-refractivity contribution in [3.8, 4) is 11.3 Å². The Morgan fingerprint density at radius 1 is 1.08 bits per heavy atom. The molecule has 0 atom stereocenters. The van der Waals surface area contributed by atoms with Gasteiger partial charge in [-0.05, 0) is 44.2 Å². The minimum atomic E-state index is -0.389. The van der Waals surface area contributed by atoms with Crippen molar-refractivity contribution in [2.45, 2.75) is 44.6 Å². The van der Waals surface area contributed by atoms with Gasteiger partial charge in [0.2, 0.25) is 0 Å². The first-order chi connectivity index (χ1) is 18.2. The molecule has 1 aliphatic carbocycles. The number of anilines is 3. The number of benzene rings is 1. The second-order valence-electron chi connectivity index (χ2n) is 10.8. The third kappa shape index (κ3) is 4.82. The van der Waals surface area contributed by atoms with E-state index in [9.17, 15) is 4.79 Å². The first-order valence-corrected chi connectivity index (χ1v) is 13.4. The molecule has 1 saturated carbocycles. The summed E-state index contributed by atoms with van der Waals surface area (Å²) in [4.78, 5) is 23.9. The number of rotatable bonds is 7. The summed E-state index contributed by atoms with van der Waals surface area (Å²) >= 11 is 1.57. The Kier molecular flexibility index (Phi) is 5.84. The molecule has 4 N–H and O–H groups in total. The Morgan fingerprint density at radius 2 is 1.87 bits per heavy atom. The molecule has 6 rings (SSSR count). The SMILES string of the molecule is CNC1(CNc2ccc3c(n2)sc2nc(-c4ccc(NC(=O)Nc5cc(C(C)(C)C)on5)cc4)cn23)CC1. The van der Waals surface area contributed by atoms with E-state index < -0.39 is 0 Å². The second kappa shape index (κ2) is 9.10. The first kappa shape index (κ1) is 24.4. The number of nitrogens with zero attached hydrogens (tertiary/aromatic N) is 4. The van der Waals surface area contributed by atoms with Crippen LogP contribution >= 0.6 is 11.3 Å².